The van der Waals surface area contributed by atoms with Gasteiger partial charge in [0.25, 0.3) is 0 Å². The molecule has 6 nitrogen and oxygen atoms in total. The monoisotopic (exact) mass is 273 g/mol. The lowest BCUT2D eigenvalue weighted by molar-refractivity contribution is -0.143. The summed E-state index contributed by atoms with van der Waals surface area (Å²) in [6.07, 6.45) is 5.15. The Morgan fingerprint density at radius 2 is 1.53 bits per heavy atom. The Morgan fingerprint density at radius 3 is 2.05 bits per heavy atom. The molecule has 0 aliphatic heterocycles. The predicted molar refractivity (Wildman–Crippen MR) is 69.9 cm³/mol. The van der Waals surface area contributed by atoms with Crippen LogP contribution in [0.2, 0.25) is 0 Å². The second-order valence-corrected chi connectivity index (χ2v) is 4.17. The summed E-state index contributed by atoms with van der Waals surface area (Å²) in [6.45, 7) is 3.63. The van der Waals surface area contributed by atoms with Crippen molar-refractivity contribution in [3.05, 3.63) is 0 Å². The van der Waals surface area contributed by atoms with Crippen molar-refractivity contribution in [1.29, 1.82) is 0 Å². The molecule has 0 heterocycles. The molecule has 6 heteroatoms. The van der Waals surface area contributed by atoms with E-state index in [0.29, 0.717) is 19.4 Å². The van der Waals surface area contributed by atoms with E-state index in [2.05, 4.69) is 9.89 Å². The van der Waals surface area contributed by atoms with Crippen LogP contribution in [0.3, 0.4) is 0 Å². The van der Waals surface area contributed by atoms with Gasteiger partial charge in [0.05, 0.1) is 6.61 Å². The minimum atomic E-state index is -0.387. The number of hydrogen-bond donors (Lipinski definition) is 1. The van der Waals surface area contributed by atoms with Gasteiger partial charge in [-0.15, -0.1) is 0 Å². The molecule has 0 aromatic rings. The molecular formula is C13H23NO5. The van der Waals surface area contributed by atoms with Crippen molar-refractivity contribution < 1.29 is 24.3 Å². The first kappa shape index (κ1) is 17.4. The summed E-state index contributed by atoms with van der Waals surface area (Å²) < 4.78 is 9.50. The number of ether oxygens (including phenoxy) is 2. The number of oxime groups is 1. The van der Waals surface area contributed by atoms with Crippen LogP contribution in [0.4, 0.5) is 0 Å². The topological polar surface area (TPSA) is 85.2 Å². The molecule has 0 saturated carbocycles. The largest absolute Gasteiger partial charge is 0.466 e. The fraction of sp³-hybridized carbons (Fsp3) is 0.769. The summed E-state index contributed by atoms with van der Waals surface area (Å²) in [5.74, 6) is -0.578. The lowest BCUT2D eigenvalue weighted by Crippen LogP contribution is -2.08. The Bertz CT molecular complexity index is 301. The first-order valence-corrected chi connectivity index (χ1v) is 6.65. The van der Waals surface area contributed by atoms with E-state index in [1.807, 2.05) is 0 Å². The molecule has 0 spiro atoms. The van der Waals surface area contributed by atoms with Crippen LogP contribution in [-0.2, 0) is 19.1 Å². The van der Waals surface area contributed by atoms with Gasteiger partial charge >= 0.3 is 11.9 Å². The van der Waals surface area contributed by atoms with Gasteiger partial charge in [-0.1, -0.05) is 24.4 Å². The van der Waals surface area contributed by atoms with Gasteiger partial charge in [0.2, 0.25) is 5.90 Å². The maximum Gasteiger partial charge on any atom is 0.312 e. The second-order valence-electron chi connectivity index (χ2n) is 4.17. The van der Waals surface area contributed by atoms with E-state index < -0.39 is 0 Å². The highest BCUT2D eigenvalue weighted by molar-refractivity contribution is 5.86. The van der Waals surface area contributed by atoms with Crippen LogP contribution in [0.25, 0.3) is 0 Å². The molecule has 0 unspecified atom stereocenters. The van der Waals surface area contributed by atoms with E-state index in [-0.39, 0.29) is 17.8 Å². The number of carbonyl (C=O) groups excluding carboxylic acids is 2. The highest BCUT2D eigenvalue weighted by Gasteiger charge is 2.05. The van der Waals surface area contributed by atoms with E-state index in [4.69, 9.17) is 9.94 Å². The maximum absolute atomic E-state index is 11.2. The quantitative estimate of drug-likeness (QED) is 0.174. The molecule has 1 N–H and O–H groups in total. The first-order chi connectivity index (χ1) is 9.10. The average molecular weight is 273 g/mol. The molecule has 0 amide bonds. The van der Waals surface area contributed by atoms with Crippen LogP contribution in [0.15, 0.2) is 5.16 Å². The Kier molecular flexibility index (Phi) is 10.5. The molecule has 110 valence electrons. The first-order valence-electron chi connectivity index (χ1n) is 6.65. The Labute approximate surface area is 113 Å². The molecule has 0 rings (SSSR count). The van der Waals surface area contributed by atoms with Crippen LogP contribution >= 0.6 is 0 Å². The summed E-state index contributed by atoms with van der Waals surface area (Å²) in [5.41, 5.74) is 0. The summed E-state index contributed by atoms with van der Waals surface area (Å²) in [6, 6.07) is 0. The number of rotatable bonds is 9. The normalized spacial score (nSPS) is 11.2. The number of nitrogens with zero attached hydrogens (tertiary/aromatic N) is 1. The third kappa shape index (κ3) is 11.2. The van der Waals surface area contributed by atoms with Gasteiger partial charge in [-0.05, 0) is 19.8 Å². The van der Waals surface area contributed by atoms with Gasteiger partial charge in [-0.2, -0.15) is 0 Å². The van der Waals surface area contributed by atoms with E-state index in [1.165, 1.54) is 6.92 Å². The Hall–Kier alpha value is -1.59. The predicted octanol–water partition coefficient (Wildman–Crippen LogP) is 2.63. The van der Waals surface area contributed by atoms with Crippen molar-refractivity contribution >= 4 is 17.8 Å². The van der Waals surface area contributed by atoms with Crippen LogP contribution in [-0.4, -0.2) is 29.7 Å². The fourth-order valence-electron chi connectivity index (χ4n) is 1.54. The molecule has 0 aliphatic rings. The maximum atomic E-state index is 11.2. The van der Waals surface area contributed by atoms with Crippen LogP contribution in [0, 0.1) is 0 Å². The third-order valence-corrected chi connectivity index (χ3v) is 2.47. The van der Waals surface area contributed by atoms with Gasteiger partial charge in [0, 0.05) is 19.8 Å². The van der Waals surface area contributed by atoms with Crippen LogP contribution in [0.5, 0.6) is 0 Å². The zero-order chi connectivity index (χ0) is 14.5. The number of hydrogen-bond acceptors (Lipinski definition) is 6. The fourth-order valence-corrected chi connectivity index (χ4v) is 1.54. The molecule has 0 aromatic heterocycles. The van der Waals surface area contributed by atoms with Crippen LogP contribution in [0.1, 0.15) is 58.8 Å². The van der Waals surface area contributed by atoms with E-state index >= 15 is 0 Å². The van der Waals surface area contributed by atoms with Crippen molar-refractivity contribution in [3.63, 3.8) is 0 Å². The van der Waals surface area contributed by atoms with Gasteiger partial charge in [-0.3, -0.25) is 9.59 Å². The van der Waals surface area contributed by atoms with E-state index in [0.717, 1.165) is 32.1 Å². The highest BCUT2D eigenvalue weighted by Crippen LogP contribution is 2.08. The lowest BCUT2D eigenvalue weighted by atomic mass is 10.1. The van der Waals surface area contributed by atoms with Gasteiger partial charge < -0.3 is 14.7 Å². The van der Waals surface area contributed by atoms with Gasteiger partial charge in [0.15, 0.2) is 0 Å². The summed E-state index contributed by atoms with van der Waals surface area (Å²) in [4.78, 5) is 22.2. The molecule has 0 aliphatic carbocycles. The summed E-state index contributed by atoms with van der Waals surface area (Å²) >= 11 is 0. The lowest BCUT2D eigenvalue weighted by Gasteiger charge is -2.03. The SMILES string of the molecule is CCOC(=O)CCCCCCCC(=O)OC(C)=NO. The molecule has 0 saturated heterocycles. The number of esters is 2. The molecular weight excluding hydrogens is 250 g/mol. The Morgan fingerprint density at radius 1 is 1.00 bits per heavy atom. The smallest absolute Gasteiger partial charge is 0.312 e. The van der Waals surface area contributed by atoms with Crippen molar-refractivity contribution in [1.82, 2.24) is 0 Å². The zero-order valence-electron chi connectivity index (χ0n) is 11.7. The summed E-state index contributed by atoms with van der Waals surface area (Å²) in [7, 11) is 0. The molecule has 0 aromatic carbocycles. The molecule has 19 heavy (non-hydrogen) atoms. The molecule has 0 radical (unpaired) electrons. The average Bonchev–Trinajstić information content (AvgIpc) is 2.37. The highest BCUT2D eigenvalue weighted by atomic mass is 16.6. The number of unbranched alkanes of at least 4 members (excludes halogenated alkanes) is 4. The van der Waals surface area contributed by atoms with Crippen molar-refractivity contribution in [2.75, 3.05) is 6.61 Å². The minimum absolute atomic E-state index is 0.0422. The molecule has 0 atom stereocenters. The van der Waals surface area contributed by atoms with E-state index in [1.54, 1.807) is 6.92 Å². The minimum Gasteiger partial charge on any atom is -0.466 e. The Balaban J connectivity index is 3.36. The van der Waals surface area contributed by atoms with Gasteiger partial charge in [0.1, 0.15) is 0 Å². The van der Waals surface area contributed by atoms with Crippen molar-refractivity contribution in [2.24, 2.45) is 5.16 Å². The van der Waals surface area contributed by atoms with Crippen molar-refractivity contribution in [2.45, 2.75) is 58.8 Å². The van der Waals surface area contributed by atoms with Crippen LogP contribution < -0.4 is 0 Å². The molecule has 0 bridgehead atoms. The van der Waals surface area contributed by atoms with Crippen molar-refractivity contribution in [3.8, 4) is 0 Å². The standard InChI is InChI=1S/C13H23NO5/c1-3-18-12(15)9-7-5-4-6-8-10-13(16)19-11(2)14-17/h17H,3-10H2,1-2H3. The second kappa shape index (κ2) is 11.5. The summed E-state index contributed by atoms with van der Waals surface area (Å²) in [5, 5.41) is 11.1. The third-order valence-electron chi connectivity index (χ3n) is 2.47. The van der Waals surface area contributed by atoms with E-state index in [9.17, 15) is 9.59 Å². The molecule has 0 fully saturated rings. The number of carbonyl (C=O) groups is 2. The zero-order valence-corrected chi connectivity index (χ0v) is 11.7. The van der Waals surface area contributed by atoms with Gasteiger partial charge in [-0.25, -0.2) is 0 Å².